The molecule has 0 aliphatic carbocycles. The maximum Gasteiger partial charge on any atom is 0.238 e. The Bertz CT molecular complexity index is 743. The number of rotatable bonds is 4. The van der Waals surface area contributed by atoms with Crippen molar-refractivity contribution < 1.29 is 8.42 Å². The molecule has 0 radical (unpaired) electrons. The lowest BCUT2D eigenvalue weighted by Crippen LogP contribution is -2.13. The van der Waals surface area contributed by atoms with E-state index >= 15 is 0 Å². The van der Waals surface area contributed by atoms with Crippen LogP contribution < -0.4 is 10.5 Å². The molecule has 1 atom stereocenters. The first-order valence-electron chi connectivity index (χ1n) is 6.11. The number of primary sulfonamides is 1. The second kappa shape index (κ2) is 6.23. The van der Waals surface area contributed by atoms with Gasteiger partial charge in [0, 0.05) is 21.8 Å². The fourth-order valence-electron chi connectivity index (χ4n) is 1.93. The lowest BCUT2D eigenvalue weighted by atomic mass is 10.1. The van der Waals surface area contributed by atoms with E-state index in [0.29, 0.717) is 10.0 Å². The minimum Gasteiger partial charge on any atom is -0.378 e. The van der Waals surface area contributed by atoms with Crippen molar-refractivity contribution in [2.75, 3.05) is 5.32 Å². The molecule has 4 nitrogen and oxygen atoms in total. The van der Waals surface area contributed by atoms with Crippen molar-refractivity contribution in [3.63, 3.8) is 0 Å². The van der Waals surface area contributed by atoms with E-state index in [9.17, 15) is 8.42 Å². The maximum absolute atomic E-state index is 11.4. The van der Waals surface area contributed by atoms with Gasteiger partial charge in [-0.15, -0.1) is 0 Å². The SMILES string of the molecule is CC(Nc1cc(Cl)cc(Cl)c1)c1cccc(S(N)(=O)=O)c1. The predicted molar refractivity (Wildman–Crippen MR) is 86.3 cm³/mol. The first kappa shape index (κ1) is 16.1. The predicted octanol–water partition coefficient (Wildman–Crippen LogP) is 3.81. The number of nitrogens with one attached hydrogen (secondary N) is 1. The average Bonchev–Trinajstić information content (AvgIpc) is 2.36. The number of nitrogens with two attached hydrogens (primary N) is 1. The number of benzene rings is 2. The first-order valence-corrected chi connectivity index (χ1v) is 8.41. The van der Waals surface area contributed by atoms with E-state index in [1.807, 2.05) is 13.0 Å². The number of halogens is 2. The van der Waals surface area contributed by atoms with Crippen LogP contribution in [0.25, 0.3) is 0 Å². The molecule has 0 saturated carbocycles. The van der Waals surface area contributed by atoms with Gasteiger partial charge in [0.2, 0.25) is 10.0 Å². The van der Waals surface area contributed by atoms with E-state index < -0.39 is 10.0 Å². The van der Waals surface area contributed by atoms with Crippen LogP contribution in [-0.4, -0.2) is 8.42 Å². The van der Waals surface area contributed by atoms with Crippen molar-refractivity contribution in [3.8, 4) is 0 Å². The summed E-state index contributed by atoms with van der Waals surface area (Å²) in [5.74, 6) is 0. The molecule has 112 valence electrons. The smallest absolute Gasteiger partial charge is 0.238 e. The van der Waals surface area contributed by atoms with E-state index in [0.717, 1.165) is 11.3 Å². The fraction of sp³-hybridized carbons (Fsp3) is 0.143. The molecule has 0 heterocycles. The van der Waals surface area contributed by atoms with Crippen LogP contribution in [0.1, 0.15) is 18.5 Å². The van der Waals surface area contributed by atoms with Gasteiger partial charge >= 0.3 is 0 Å². The number of hydrogen-bond donors (Lipinski definition) is 2. The first-order chi connectivity index (χ1) is 9.75. The molecular weight excluding hydrogens is 331 g/mol. The van der Waals surface area contributed by atoms with E-state index in [1.165, 1.54) is 6.07 Å². The molecule has 0 aliphatic heterocycles. The Morgan fingerprint density at radius 2 is 1.71 bits per heavy atom. The van der Waals surface area contributed by atoms with Gasteiger partial charge in [-0.05, 0) is 42.8 Å². The summed E-state index contributed by atoms with van der Waals surface area (Å²) in [7, 11) is -3.72. The average molecular weight is 345 g/mol. The summed E-state index contributed by atoms with van der Waals surface area (Å²) in [5.41, 5.74) is 1.54. The molecule has 7 heteroatoms. The Balaban J connectivity index is 2.26. The largest absolute Gasteiger partial charge is 0.378 e. The van der Waals surface area contributed by atoms with Crippen LogP contribution in [0.3, 0.4) is 0 Å². The van der Waals surface area contributed by atoms with Crippen LogP contribution in [0.4, 0.5) is 5.69 Å². The summed E-state index contributed by atoms with van der Waals surface area (Å²) in [6.07, 6.45) is 0. The van der Waals surface area contributed by atoms with Crippen molar-refractivity contribution in [2.24, 2.45) is 5.14 Å². The Kier molecular flexibility index (Phi) is 4.78. The molecule has 0 aromatic heterocycles. The van der Waals surface area contributed by atoms with E-state index in [2.05, 4.69) is 5.32 Å². The highest BCUT2D eigenvalue weighted by Gasteiger charge is 2.12. The molecule has 1 unspecified atom stereocenters. The third-order valence-corrected chi connectivity index (χ3v) is 4.28. The van der Waals surface area contributed by atoms with Crippen LogP contribution in [0, 0.1) is 0 Å². The van der Waals surface area contributed by atoms with E-state index in [4.69, 9.17) is 28.3 Å². The summed E-state index contributed by atoms with van der Waals surface area (Å²) >= 11 is 11.9. The molecule has 0 fully saturated rings. The van der Waals surface area contributed by atoms with Gasteiger partial charge in [0.25, 0.3) is 0 Å². The van der Waals surface area contributed by atoms with E-state index in [-0.39, 0.29) is 10.9 Å². The zero-order valence-corrected chi connectivity index (χ0v) is 13.5. The molecule has 3 N–H and O–H groups in total. The molecule has 0 spiro atoms. The zero-order chi connectivity index (χ0) is 15.6. The second-order valence-electron chi connectivity index (χ2n) is 4.64. The summed E-state index contributed by atoms with van der Waals surface area (Å²) in [5, 5.41) is 9.40. The van der Waals surface area contributed by atoms with Gasteiger partial charge in [-0.25, -0.2) is 13.6 Å². The number of hydrogen-bond acceptors (Lipinski definition) is 3. The topological polar surface area (TPSA) is 72.2 Å². The van der Waals surface area contributed by atoms with Gasteiger partial charge in [0.15, 0.2) is 0 Å². The molecule has 21 heavy (non-hydrogen) atoms. The van der Waals surface area contributed by atoms with Crippen molar-refractivity contribution in [3.05, 3.63) is 58.1 Å². The van der Waals surface area contributed by atoms with Gasteiger partial charge in [0.05, 0.1) is 4.90 Å². The third-order valence-electron chi connectivity index (χ3n) is 2.93. The molecule has 0 bridgehead atoms. The van der Waals surface area contributed by atoms with Crippen LogP contribution in [-0.2, 0) is 10.0 Å². The summed E-state index contributed by atoms with van der Waals surface area (Å²) in [6.45, 7) is 1.90. The van der Waals surface area contributed by atoms with Crippen LogP contribution >= 0.6 is 23.2 Å². The Morgan fingerprint density at radius 3 is 2.29 bits per heavy atom. The lowest BCUT2D eigenvalue weighted by molar-refractivity contribution is 0.597. The van der Waals surface area contributed by atoms with Crippen LogP contribution in [0.5, 0.6) is 0 Å². The quantitative estimate of drug-likeness (QED) is 0.885. The van der Waals surface area contributed by atoms with Crippen molar-refractivity contribution in [1.29, 1.82) is 0 Å². The molecule has 0 amide bonds. The summed E-state index contributed by atoms with van der Waals surface area (Å²) in [4.78, 5) is 0.0813. The third kappa shape index (κ3) is 4.35. The second-order valence-corrected chi connectivity index (χ2v) is 7.08. The number of anilines is 1. The van der Waals surface area contributed by atoms with Crippen LogP contribution in [0.2, 0.25) is 10.0 Å². The summed E-state index contributed by atoms with van der Waals surface area (Å²) in [6, 6.07) is 11.5. The molecule has 2 aromatic carbocycles. The van der Waals surface area contributed by atoms with Crippen molar-refractivity contribution >= 4 is 38.9 Å². The lowest BCUT2D eigenvalue weighted by Gasteiger charge is -2.17. The Hall–Kier alpha value is -1.27. The van der Waals surface area contributed by atoms with Crippen LogP contribution in [0.15, 0.2) is 47.4 Å². The Labute approximate surface area is 133 Å². The van der Waals surface area contributed by atoms with E-state index in [1.54, 1.807) is 30.3 Å². The zero-order valence-electron chi connectivity index (χ0n) is 11.2. The normalized spacial score (nSPS) is 13.0. The standard InChI is InChI=1S/C14H14Cl2N2O2S/c1-9(18-13-7-11(15)6-12(16)8-13)10-3-2-4-14(5-10)21(17,19)20/h2-9,18H,1H3,(H2,17,19,20). The number of sulfonamides is 1. The van der Waals surface area contributed by atoms with Crippen molar-refractivity contribution in [2.45, 2.75) is 17.9 Å². The molecular formula is C14H14Cl2N2O2S. The molecule has 0 saturated heterocycles. The minimum atomic E-state index is -3.72. The monoisotopic (exact) mass is 344 g/mol. The Morgan fingerprint density at radius 1 is 1.10 bits per heavy atom. The fourth-order valence-corrected chi connectivity index (χ4v) is 3.03. The minimum absolute atomic E-state index is 0.0813. The molecule has 2 aromatic rings. The van der Waals surface area contributed by atoms with Gasteiger partial charge in [-0.3, -0.25) is 0 Å². The molecule has 2 rings (SSSR count). The highest BCUT2D eigenvalue weighted by atomic mass is 35.5. The van der Waals surface area contributed by atoms with Gasteiger partial charge in [-0.2, -0.15) is 0 Å². The summed E-state index contributed by atoms with van der Waals surface area (Å²) < 4.78 is 22.8. The van der Waals surface area contributed by atoms with Gasteiger partial charge < -0.3 is 5.32 Å². The van der Waals surface area contributed by atoms with Gasteiger partial charge in [-0.1, -0.05) is 35.3 Å². The maximum atomic E-state index is 11.4. The highest BCUT2D eigenvalue weighted by Crippen LogP contribution is 2.26. The van der Waals surface area contributed by atoms with Gasteiger partial charge in [0.1, 0.15) is 0 Å². The van der Waals surface area contributed by atoms with Crippen molar-refractivity contribution in [1.82, 2.24) is 0 Å². The molecule has 0 aliphatic rings. The highest BCUT2D eigenvalue weighted by molar-refractivity contribution is 7.89.